The molecule has 0 aromatic rings. The van der Waals surface area contributed by atoms with Gasteiger partial charge in [0.05, 0.1) is 0 Å². The summed E-state index contributed by atoms with van der Waals surface area (Å²) in [6.07, 6.45) is 5.07. The van der Waals surface area contributed by atoms with Crippen molar-refractivity contribution in [3.05, 3.63) is 0 Å². The minimum absolute atomic E-state index is 0.592. The van der Waals surface area contributed by atoms with Crippen LogP contribution in [0.25, 0.3) is 0 Å². The molecule has 0 N–H and O–H groups in total. The Morgan fingerprint density at radius 1 is 0.882 bits per heavy atom. The van der Waals surface area contributed by atoms with Gasteiger partial charge in [0.2, 0.25) is 0 Å². The van der Waals surface area contributed by atoms with E-state index in [-0.39, 0.29) is 0 Å². The molecule has 0 saturated carbocycles. The highest BCUT2D eigenvalue weighted by Crippen LogP contribution is 2.32. The van der Waals surface area contributed by atoms with Gasteiger partial charge in [-0.05, 0) is 52.6 Å². The van der Waals surface area contributed by atoms with Crippen LogP contribution in [0.1, 0.15) is 39.5 Å². The Morgan fingerprint density at radius 3 is 1.53 bits per heavy atom. The molecule has 0 spiro atoms. The van der Waals surface area contributed by atoms with Crippen LogP contribution in [0.4, 0.5) is 0 Å². The van der Waals surface area contributed by atoms with Crippen LogP contribution in [0.2, 0.25) is 0 Å². The lowest BCUT2D eigenvalue weighted by Crippen LogP contribution is -2.70. The zero-order valence-corrected chi connectivity index (χ0v) is 12.6. The van der Waals surface area contributed by atoms with E-state index in [4.69, 9.17) is 8.85 Å². The second-order valence-corrected chi connectivity index (χ2v) is 8.39. The van der Waals surface area contributed by atoms with Crippen molar-refractivity contribution in [3.63, 3.8) is 0 Å². The highest BCUT2D eigenvalue weighted by Gasteiger charge is 2.55. The van der Waals surface area contributed by atoms with Crippen LogP contribution in [0.3, 0.4) is 0 Å². The molecule has 0 amide bonds. The van der Waals surface area contributed by atoms with Crippen LogP contribution in [0.5, 0.6) is 0 Å². The van der Waals surface area contributed by atoms with Gasteiger partial charge < -0.3 is 8.85 Å². The fourth-order valence-electron chi connectivity index (χ4n) is 3.42. The molecule has 5 heteroatoms. The number of hydrogen-bond donors (Lipinski definition) is 0. The fraction of sp³-hybridized carbons (Fsp3) is 1.00. The van der Waals surface area contributed by atoms with Crippen LogP contribution in [-0.2, 0) is 8.85 Å². The van der Waals surface area contributed by atoms with E-state index < -0.39 is 8.88 Å². The van der Waals surface area contributed by atoms with E-state index in [0.717, 1.165) is 13.1 Å². The van der Waals surface area contributed by atoms with Gasteiger partial charge >= 0.3 is 8.88 Å². The first kappa shape index (κ1) is 13.5. The minimum Gasteiger partial charge on any atom is -0.374 e. The lowest BCUT2D eigenvalue weighted by Gasteiger charge is -2.44. The van der Waals surface area contributed by atoms with Crippen molar-refractivity contribution in [3.8, 4) is 0 Å². The summed E-state index contributed by atoms with van der Waals surface area (Å²) in [5.74, 6) is 0. The quantitative estimate of drug-likeness (QED) is 0.716. The summed E-state index contributed by atoms with van der Waals surface area (Å²) < 4.78 is 16.9. The van der Waals surface area contributed by atoms with Crippen molar-refractivity contribution in [2.24, 2.45) is 0 Å². The predicted molar refractivity (Wildman–Crippen MR) is 70.6 cm³/mol. The maximum Gasteiger partial charge on any atom is 0.522 e. The minimum atomic E-state index is -2.34. The summed E-state index contributed by atoms with van der Waals surface area (Å²) >= 11 is 0. The average molecular weight is 258 g/mol. The number of hydrogen-bond acceptors (Lipinski definition) is 4. The van der Waals surface area contributed by atoms with Crippen LogP contribution < -0.4 is 0 Å². The van der Waals surface area contributed by atoms with E-state index in [2.05, 4.69) is 23.0 Å². The summed E-state index contributed by atoms with van der Waals surface area (Å²) in [5, 5.41) is 0. The lowest BCUT2D eigenvalue weighted by atomic mass is 10.3. The van der Waals surface area contributed by atoms with Crippen molar-refractivity contribution in [2.45, 2.75) is 51.6 Å². The van der Waals surface area contributed by atoms with Crippen molar-refractivity contribution >= 4 is 8.88 Å². The third kappa shape index (κ3) is 2.19. The first-order chi connectivity index (χ1) is 8.15. The fourth-order valence-corrected chi connectivity index (χ4v) is 7.11. The zero-order valence-electron chi connectivity index (χ0n) is 11.6. The second-order valence-electron chi connectivity index (χ2n) is 5.33. The van der Waals surface area contributed by atoms with Crippen LogP contribution >= 0.6 is 0 Å². The van der Waals surface area contributed by atoms with Crippen molar-refractivity contribution < 1.29 is 8.85 Å². The van der Waals surface area contributed by atoms with Crippen LogP contribution in [0, 0.1) is 0 Å². The van der Waals surface area contributed by atoms with Crippen molar-refractivity contribution in [1.82, 2.24) is 9.13 Å². The number of rotatable bonds is 4. The van der Waals surface area contributed by atoms with E-state index >= 15 is 0 Å². The SMILES string of the molecule is CO[Si](OC)(N1CCCC1C)N1CCCC1C. The van der Waals surface area contributed by atoms with Gasteiger partial charge in [-0.25, -0.2) is 0 Å². The molecule has 2 saturated heterocycles. The summed E-state index contributed by atoms with van der Waals surface area (Å²) in [5.41, 5.74) is 0. The summed E-state index contributed by atoms with van der Waals surface area (Å²) in [6, 6.07) is 1.18. The Balaban J connectivity index is 2.24. The first-order valence-corrected chi connectivity index (χ1v) is 8.50. The van der Waals surface area contributed by atoms with Crippen LogP contribution in [0.15, 0.2) is 0 Å². The molecule has 4 nitrogen and oxygen atoms in total. The Labute approximate surface area is 106 Å². The van der Waals surface area contributed by atoms with Gasteiger partial charge in [-0.2, -0.15) is 0 Å². The van der Waals surface area contributed by atoms with Gasteiger partial charge in [0, 0.05) is 26.3 Å². The van der Waals surface area contributed by atoms with E-state index in [1.165, 1.54) is 25.7 Å². The molecule has 2 aliphatic heterocycles. The lowest BCUT2D eigenvalue weighted by molar-refractivity contribution is 0.0879. The zero-order chi connectivity index (χ0) is 12.5. The largest absolute Gasteiger partial charge is 0.522 e. The molecule has 2 atom stereocenters. The smallest absolute Gasteiger partial charge is 0.374 e. The third-order valence-corrected chi connectivity index (χ3v) is 8.21. The van der Waals surface area contributed by atoms with Gasteiger partial charge in [0.25, 0.3) is 0 Å². The maximum absolute atomic E-state index is 5.96. The number of nitrogens with zero attached hydrogens (tertiary/aromatic N) is 2. The average Bonchev–Trinajstić information content (AvgIpc) is 2.93. The predicted octanol–water partition coefficient (Wildman–Crippen LogP) is 1.68. The molecule has 17 heavy (non-hydrogen) atoms. The highest BCUT2D eigenvalue weighted by molar-refractivity contribution is 6.61. The summed E-state index contributed by atoms with van der Waals surface area (Å²) in [7, 11) is 1.31. The molecule has 0 radical (unpaired) electrons. The van der Waals surface area contributed by atoms with Crippen LogP contribution in [-0.4, -0.2) is 57.4 Å². The third-order valence-electron chi connectivity index (χ3n) is 4.36. The standard InChI is InChI=1S/C12H26N2O2Si/c1-11-7-5-9-13(11)17(15-3,16-4)14-10-6-8-12(14)2/h11-12H,5-10H2,1-4H3. The van der Waals surface area contributed by atoms with E-state index in [1.807, 2.05) is 14.2 Å². The maximum atomic E-state index is 5.96. The topological polar surface area (TPSA) is 24.9 Å². The Bertz CT molecular complexity index is 239. The molecule has 0 aromatic carbocycles. The van der Waals surface area contributed by atoms with Crippen molar-refractivity contribution in [2.75, 3.05) is 27.3 Å². The molecule has 2 unspecified atom stereocenters. The first-order valence-electron chi connectivity index (χ1n) is 6.79. The van der Waals surface area contributed by atoms with Gasteiger partial charge in [0.15, 0.2) is 0 Å². The van der Waals surface area contributed by atoms with Crippen molar-refractivity contribution in [1.29, 1.82) is 0 Å². The highest BCUT2D eigenvalue weighted by atomic mass is 28.4. The Hall–Kier alpha value is 0.0569. The van der Waals surface area contributed by atoms with E-state index in [9.17, 15) is 0 Å². The normalized spacial score (nSPS) is 32.5. The molecule has 0 bridgehead atoms. The Kier molecular flexibility index (Phi) is 4.25. The Morgan fingerprint density at radius 2 is 1.29 bits per heavy atom. The monoisotopic (exact) mass is 258 g/mol. The van der Waals surface area contributed by atoms with E-state index in [1.54, 1.807) is 0 Å². The summed E-state index contributed by atoms with van der Waals surface area (Å²) in [4.78, 5) is 0. The van der Waals surface area contributed by atoms with Gasteiger partial charge in [-0.15, -0.1) is 0 Å². The molecule has 2 aliphatic rings. The second kappa shape index (κ2) is 5.36. The molecule has 0 aliphatic carbocycles. The molecule has 0 aromatic heterocycles. The molecule has 100 valence electrons. The van der Waals surface area contributed by atoms with Gasteiger partial charge in [-0.3, -0.25) is 9.13 Å². The molecule has 2 fully saturated rings. The molecule has 2 rings (SSSR count). The molecular weight excluding hydrogens is 232 g/mol. The molecular formula is C12H26N2O2Si. The molecule has 2 heterocycles. The van der Waals surface area contributed by atoms with Gasteiger partial charge in [0.1, 0.15) is 0 Å². The van der Waals surface area contributed by atoms with Gasteiger partial charge in [-0.1, -0.05) is 0 Å². The summed E-state index contributed by atoms with van der Waals surface area (Å²) in [6.45, 7) is 6.84. The van der Waals surface area contributed by atoms with E-state index in [0.29, 0.717) is 12.1 Å².